The summed E-state index contributed by atoms with van der Waals surface area (Å²) in [4.78, 5) is 0. The molecule has 0 aliphatic rings. The van der Waals surface area contributed by atoms with Gasteiger partial charge in [0.25, 0.3) is 0 Å². The number of aliphatic hydroxyl groups is 1. The molecule has 17 heavy (non-hydrogen) atoms. The van der Waals surface area contributed by atoms with Gasteiger partial charge in [-0.3, -0.25) is 0 Å². The number of hydrogen-bond acceptors (Lipinski definition) is 3. The third-order valence-electron chi connectivity index (χ3n) is 3.26. The Morgan fingerprint density at radius 1 is 1.24 bits per heavy atom. The highest BCUT2D eigenvalue weighted by Crippen LogP contribution is 2.14. The van der Waals surface area contributed by atoms with Crippen molar-refractivity contribution in [3.05, 3.63) is 35.9 Å². The van der Waals surface area contributed by atoms with E-state index in [0.717, 1.165) is 12.1 Å². The van der Waals surface area contributed by atoms with E-state index in [9.17, 15) is 5.11 Å². The third-order valence-corrected chi connectivity index (χ3v) is 3.26. The van der Waals surface area contributed by atoms with Crippen LogP contribution in [0.15, 0.2) is 30.3 Å². The lowest BCUT2D eigenvalue weighted by Crippen LogP contribution is -2.35. The predicted molar refractivity (Wildman–Crippen MR) is 71.7 cm³/mol. The summed E-state index contributed by atoms with van der Waals surface area (Å²) in [5.74, 6) is 1.01. The van der Waals surface area contributed by atoms with E-state index in [1.807, 2.05) is 30.3 Å². The second-order valence-corrected chi connectivity index (χ2v) is 4.79. The minimum atomic E-state index is 0.00370. The van der Waals surface area contributed by atoms with E-state index < -0.39 is 0 Å². The number of rotatable bonds is 7. The number of nitrogens with two attached hydrogens (primary N) is 1. The molecule has 1 unspecified atom stereocenters. The fraction of sp³-hybridized carbons (Fsp3) is 0.571. The van der Waals surface area contributed by atoms with Crippen molar-refractivity contribution < 1.29 is 5.11 Å². The topological polar surface area (TPSA) is 58.3 Å². The van der Waals surface area contributed by atoms with Crippen LogP contribution in [0.3, 0.4) is 0 Å². The van der Waals surface area contributed by atoms with Crippen LogP contribution in [0.5, 0.6) is 0 Å². The molecule has 96 valence electrons. The summed E-state index contributed by atoms with van der Waals surface area (Å²) in [7, 11) is 0. The molecule has 0 aromatic heterocycles. The highest BCUT2D eigenvalue weighted by molar-refractivity contribution is 5.18. The van der Waals surface area contributed by atoms with Crippen LogP contribution in [0, 0.1) is 11.8 Å². The zero-order chi connectivity index (χ0) is 12.7. The molecular formula is C14H24N2O. The molecule has 0 saturated heterocycles. The summed E-state index contributed by atoms with van der Waals surface area (Å²) in [5.41, 5.74) is 6.86. The van der Waals surface area contributed by atoms with E-state index >= 15 is 0 Å². The van der Waals surface area contributed by atoms with Gasteiger partial charge in [0.05, 0.1) is 12.6 Å². The first-order valence-electron chi connectivity index (χ1n) is 6.28. The normalized spacial score (nSPS) is 14.9. The van der Waals surface area contributed by atoms with Crippen molar-refractivity contribution in [2.24, 2.45) is 17.6 Å². The molecule has 0 spiro atoms. The van der Waals surface area contributed by atoms with Crippen LogP contribution in [0.25, 0.3) is 0 Å². The van der Waals surface area contributed by atoms with Crippen LogP contribution >= 0.6 is 0 Å². The molecule has 0 amide bonds. The second kappa shape index (κ2) is 7.43. The van der Waals surface area contributed by atoms with Crippen molar-refractivity contribution in [3.8, 4) is 0 Å². The summed E-state index contributed by atoms with van der Waals surface area (Å²) in [6.07, 6.45) is 0. The Labute approximate surface area is 104 Å². The Bertz CT molecular complexity index is 300. The van der Waals surface area contributed by atoms with Gasteiger partial charge in [0, 0.05) is 6.54 Å². The van der Waals surface area contributed by atoms with Crippen LogP contribution in [0.2, 0.25) is 0 Å². The largest absolute Gasteiger partial charge is 0.394 e. The van der Waals surface area contributed by atoms with Gasteiger partial charge >= 0.3 is 0 Å². The molecule has 0 saturated carbocycles. The number of aliphatic hydroxyl groups excluding tert-OH is 1. The molecule has 2 atom stereocenters. The first-order chi connectivity index (χ1) is 8.19. The molecule has 3 heteroatoms. The van der Waals surface area contributed by atoms with Gasteiger partial charge in [0.1, 0.15) is 0 Å². The van der Waals surface area contributed by atoms with E-state index in [1.54, 1.807) is 0 Å². The average Bonchev–Trinajstić information content (AvgIpc) is 2.35. The van der Waals surface area contributed by atoms with E-state index in [4.69, 9.17) is 5.73 Å². The molecule has 1 aromatic rings. The average molecular weight is 236 g/mol. The van der Waals surface area contributed by atoms with E-state index in [0.29, 0.717) is 18.4 Å². The molecule has 0 aliphatic carbocycles. The van der Waals surface area contributed by atoms with Crippen molar-refractivity contribution in [1.29, 1.82) is 0 Å². The lowest BCUT2D eigenvalue weighted by molar-refractivity contribution is 0.232. The van der Waals surface area contributed by atoms with Gasteiger partial charge in [-0.2, -0.15) is 0 Å². The Morgan fingerprint density at radius 3 is 2.35 bits per heavy atom. The molecule has 3 nitrogen and oxygen atoms in total. The van der Waals surface area contributed by atoms with Gasteiger partial charge in [0.15, 0.2) is 0 Å². The Hall–Kier alpha value is -0.900. The zero-order valence-corrected chi connectivity index (χ0v) is 10.8. The SMILES string of the molecule is CC(C)C(CN)CN[C@@H](CO)c1ccccc1. The molecule has 0 heterocycles. The second-order valence-electron chi connectivity index (χ2n) is 4.79. The molecular weight excluding hydrogens is 212 g/mol. The van der Waals surface area contributed by atoms with Crippen LogP contribution in [0.4, 0.5) is 0 Å². The smallest absolute Gasteiger partial charge is 0.0626 e. The molecule has 0 radical (unpaired) electrons. The molecule has 1 rings (SSSR count). The number of benzene rings is 1. The summed E-state index contributed by atoms with van der Waals surface area (Å²) in [6, 6.07) is 10.0. The first kappa shape index (κ1) is 14.2. The van der Waals surface area contributed by atoms with Gasteiger partial charge in [-0.25, -0.2) is 0 Å². The summed E-state index contributed by atoms with van der Waals surface area (Å²) < 4.78 is 0. The summed E-state index contributed by atoms with van der Waals surface area (Å²) >= 11 is 0. The van der Waals surface area contributed by atoms with Gasteiger partial charge in [0.2, 0.25) is 0 Å². The highest BCUT2D eigenvalue weighted by Gasteiger charge is 2.15. The molecule has 0 fully saturated rings. The van der Waals surface area contributed by atoms with Crippen molar-refractivity contribution in [1.82, 2.24) is 5.32 Å². The Morgan fingerprint density at radius 2 is 1.88 bits per heavy atom. The molecule has 0 bridgehead atoms. The molecule has 0 aliphatic heterocycles. The van der Waals surface area contributed by atoms with Crippen molar-refractivity contribution in [3.63, 3.8) is 0 Å². The van der Waals surface area contributed by atoms with Gasteiger partial charge in [-0.15, -0.1) is 0 Å². The summed E-state index contributed by atoms with van der Waals surface area (Å²) in [6.45, 7) is 5.98. The minimum Gasteiger partial charge on any atom is -0.394 e. The van der Waals surface area contributed by atoms with Crippen molar-refractivity contribution >= 4 is 0 Å². The van der Waals surface area contributed by atoms with Gasteiger partial charge < -0.3 is 16.2 Å². The Kier molecular flexibility index (Phi) is 6.19. The highest BCUT2D eigenvalue weighted by atomic mass is 16.3. The number of hydrogen-bond donors (Lipinski definition) is 3. The number of nitrogens with one attached hydrogen (secondary N) is 1. The molecule has 4 N–H and O–H groups in total. The Balaban J connectivity index is 2.53. The maximum atomic E-state index is 9.41. The minimum absolute atomic E-state index is 0.00370. The third kappa shape index (κ3) is 4.46. The van der Waals surface area contributed by atoms with Crippen molar-refractivity contribution in [2.75, 3.05) is 19.7 Å². The van der Waals surface area contributed by atoms with E-state index in [-0.39, 0.29) is 12.6 Å². The van der Waals surface area contributed by atoms with Crippen LogP contribution in [-0.4, -0.2) is 24.8 Å². The predicted octanol–water partition coefficient (Wildman–Crippen LogP) is 1.54. The lowest BCUT2D eigenvalue weighted by atomic mass is 9.95. The fourth-order valence-corrected chi connectivity index (χ4v) is 1.86. The van der Waals surface area contributed by atoms with Crippen molar-refractivity contribution in [2.45, 2.75) is 19.9 Å². The van der Waals surface area contributed by atoms with Crippen LogP contribution in [0.1, 0.15) is 25.5 Å². The van der Waals surface area contributed by atoms with E-state index in [1.165, 1.54) is 0 Å². The lowest BCUT2D eigenvalue weighted by Gasteiger charge is -2.23. The zero-order valence-electron chi connectivity index (χ0n) is 10.8. The quantitative estimate of drug-likeness (QED) is 0.673. The maximum absolute atomic E-state index is 9.41. The fourth-order valence-electron chi connectivity index (χ4n) is 1.86. The van der Waals surface area contributed by atoms with Crippen LogP contribution < -0.4 is 11.1 Å². The summed E-state index contributed by atoms with van der Waals surface area (Å²) in [5, 5.41) is 12.8. The monoisotopic (exact) mass is 236 g/mol. The molecule has 1 aromatic carbocycles. The standard InChI is InChI=1S/C14H24N2O/c1-11(2)13(8-15)9-16-14(10-17)12-6-4-3-5-7-12/h3-7,11,13-14,16-17H,8-10,15H2,1-2H3/t13?,14-/m0/s1. The van der Waals surface area contributed by atoms with Gasteiger partial charge in [-0.1, -0.05) is 44.2 Å². The van der Waals surface area contributed by atoms with Crippen LogP contribution in [-0.2, 0) is 0 Å². The van der Waals surface area contributed by atoms with Gasteiger partial charge in [-0.05, 0) is 23.9 Å². The first-order valence-corrected chi connectivity index (χ1v) is 6.28. The maximum Gasteiger partial charge on any atom is 0.0626 e. The van der Waals surface area contributed by atoms with E-state index in [2.05, 4.69) is 19.2 Å².